The Bertz CT molecular complexity index is 1150. The molecule has 0 aromatic heterocycles. The van der Waals surface area contributed by atoms with E-state index in [4.69, 9.17) is 14.2 Å². The van der Waals surface area contributed by atoms with Gasteiger partial charge in [-0.3, -0.25) is 14.4 Å². The van der Waals surface area contributed by atoms with Gasteiger partial charge in [0.25, 0.3) is 0 Å². The molecule has 0 fully saturated rings. The van der Waals surface area contributed by atoms with Crippen LogP contribution >= 0.6 is 0 Å². The second-order valence-corrected chi connectivity index (χ2v) is 17.8. The molecular weight excluding hydrogens is 781 g/mol. The van der Waals surface area contributed by atoms with Gasteiger partial charge < -0.3 is 14.2 Å². The summed E-state index contributed by atoms with van der Waals surface area (Å²) in [7, 11) is 0. The fourth-order valence-corrected chi connectivity index (χ4v) is 7.45. The van der Waals surface area contributed by atoms with E-state index in [1.54, 1.807) is 0 Å². The molecular formula is C57H100O6. The van der Waals surface area contributed by atoms with E-state index in [1.165, 1.54) is 148 Å². The van der Waals surface area contributed by atoms with Crippen molar-refractivity contribution in [1.29, 1.82) is 0 Å². The zero-order valence-corrected chi connectivity index (χ0v) is 41.6. The summed E-state index contributed by atoms with van der Waals surface area (Å²) >= 11 is 0. The smallest absolute Gasteiger partial charge is 0.306 e. The molecule has 1 unspecified atom stereocenters. The van der Waals surface area contributed by atoms with Gasteiger partial charge in [0.2, 0.25) is 0 Å². The predicted molar refractivity (Wildman–Crippen MR) is 270 cm³/mol. The van der Waals surface area contributed by atoms with Gasteiger partial charge in [0, 0.05) is 19.3 Å². The lowest BCUT2D eigenvalue weighted by Gasteiger charge is -2.18. The van der Waals surface area contributed by atoms with Gasteiger partial charge in [-0.2, -0.15) is 0 Å². The monoisotopic (exact) mass is 881 g/mol. The largest absolute Gasteiger partial charge is 0.462 e. The maximum Gasteiger partial charge on any atom is 0.306 e. The fraction of sp³-hybridized carbons (Fsp3) is 0.772. The van der Waals surface area contributed by atoms with E-state index in [-0.39, 0.29) is 44.0 Å². The lowest BCUT2D eigenvalue weighted by Crippen LogP contribution is -2.30. The van der Waals surface area contributed by atoms with Gasteiger partial charge in [0.1, 0.15) is 13.2 Å². The predicted octanol–water partition coefficient (Wildman–Crippen LogP) is 17.6. The van der Waals surface area contributed by atoms with Crippen molar-refractivity contribution in [1.82, 2.24) is 0 Å². The molecule has 0 aromatic rings. The zero-order valence-electron chi connectivity index (χ0n) is 41.6. The molecule has 0 radical (unpaired) electrons. The third-order valence-corrected chi connectivity index (χ3v) is 11.5. The van der Waals surface area contributed by atoms with Crippen LogP contribution in [0.4, 0.5) is 0 Å². The van der Waals surface area contributed by atoms with Crippen LogP contribution in [0.2, 0.25) is 0 Å². The van der Waals surface area contributed by atoms with Crippen molar-refractivity contribution < 1.29 is 28.6 Å². The molecule has 0 saturated carbocycles. The van der Waals surface area contributed by atoms with Crippen molar-refractivity contribution >= 4 is 17.9 Å². The molecule has 0 aliphatic carbocycles. The van der Waals surface area contributed by atoms with Crippen LogP contribution in [-0.4, -0.2) is 37.2 Å². The highest BCUT2D eigenvalue weighted by atomic mass is 16.6. The maximum atomic E-state index is 12.8. The van der Waals surface area contributed by atoms with Crippen molar-refractivity contribution in [3.05, 3.63) is 60.8 Å². The Kier molecular flexibility index (Phi) is 49.4. The minimum Gasteiger partial charge on any atom is -0.462 e. The van der Waals surface area contributed by atoms with Crippen LogP contribution in [0.5, 0.6) is 0 Å². The highest BCUT2D eigenvalue weighted by molar-refractivity contribution is 5.71. The summed E-state index contributed by atoms with van der Waals surface area (Å²) in [5, 5.41) is 0. The molecule has 6 heteroatoms. The van der Waals surface area contributed by atoms with Crippen molar-refractivity contribution in [3.8, 4) is 0 Å². The molecule has 0 aliphatic rings. The van der Waals surface area contributed by atoms with Gasteiger partial charge in [0.15, 0.2) is 6.10 Å². The number of rotatable bonds is 48. The van der Waals surface area contributed by atoms with E-state index in [0.717, 1.165) is 70.6 Å². The van der Waals surface area contributed by atoms with Gasteiger partial charge in [-0.25, -0.2) is 0 Å². The molecule has 0 N–H and O–H groups in total. The molecule has 63 heavy (non-hydrogen) atoms. The number of ether oxygens (including phenoxy) is 3. The standard InChI is InChI=1S/C57H100O6/c1-4-7-10-13-16-19-22-25-27-29-31-32-35-38-41-44-47-50-56(59)62-53-54(52-61-55(58)49-46-43-40-37-34-24-21-18-15-12-9-6-3)63-57(60)51-48-45-42-39-36-33-30-28-26-23-20-17-14-11-8-5-2/h25,27-28,30-33,36,38,41,54H,4-24,26,29,34-35,37,39-40,42-53H2,1-3H3/b27-25-,30-28-,32-31-,36-33-,41-38-. The number of carbonyl (C=O) groups excluding carboxylic acids is 3. The van der Waals surface area contributed by atoms with Crippen LogP contribution in [0.1, 0.15) is 265 Å². The first-order chi connectivity index (χ1) is 31.0. The molecule has 0 rings (SSSR count). The van der Waals surface area contributed by atoms with Gasteiger partial charge in [-0.1, -0.05) is 229 Å². The van der Waals surface area contributed by atoms with Gasteiger partial charge in [-0.15, -0.1) is 0 Å². The molecule has 0 aliphatic heterocycles. The number of unbranched alkanes of at least 4 members (excludes halogenated alkanes) is 28. The lowest BCUT2D eigenvalue weighted by atomic mass is 10.0. The summed E-state index contributed by atoms with van der Waals surface area (Å²) in [6.45, 7) is 6.57. The van der Waals surface area contributed by atoms with E-state index in [2.05, 4.69) is 81.5 Å². The molecule has 0 spiro atoms. The minimum absolute atomic E-state index is 0.0987. The lowest BCUT2D eigenvalue weighted by molar-refractivity contribution is -0.167. The van der Waals surface area contributed by atoms with Gasteiger partial charge in [0.05, 0.1) is 0 Å². The third-order valence-electron chi connectivity index (χ3n) is 11.5. The molecule has 0 aromatic carbocycles. The second-order valence-electron chi connectivity index (χ2n) is 17.8. The molecule has 0 saturated heterocycles. The van der Waals surface area contributed by atoms with Crippen molar-refractivity contribution in [2.75, 3.05) is 13.2 Å². The summed E-state index contributed by atoms with van der Waals surface area (Å²) in [6, 6.07) is 0. The summed E-state index contributed by atoms with van der Waals surface area (Å²) in [5.74, 6) is -0.974. The highest BCUT2D eigenvalue weighted by Crippen LogP contribution is 2.14. The average molecular weight is 881 g/mol. The van der Waals surface area contributed by atoms with E-state index in [0.29, 0.717) is 12.8 Å². The Hall–Kier alpha value is -2.89. The first-order valence-electron chi connectivity index (χ1n) is 26.8. The summed E-state index contributed by atoms with van der Waals surface area (Å²) in [6.07, 6.45) is 63.5. The maximum absolute atomic E-state index is 12.8. The number of carbonyl (C=O) groups is 3. The van der Waals surface area contributed by atoms with E-state index < -0.39 is 6.10 Å². The minimum atomic E-state index is -0.805. The van der Waals surface area contributed by atoms with E-state index in [9.17, 15) is 14.4 Å². The topological polar surface area (TPSA) is 78.9 Å². The summed E-state index contributed by atoms with van der Waals surface area (Å²) in [4.78, 5) is 38.0. The first-order valence-corrected chi connectivity index (χ1v) is 26.8. The van der Waals surface area contributed by atoms with Gasteiger partial charge in [-0.05, 0) is 77.0 Å². The van der Waals surface area contributed by atoms with E-state index in [1.807, 2.05) is 0 Å². The van der Waals surface area contributed by atoms with Crippen LogP contribution in [0.3, 0.4) is 0 Å². The number of hydrogen-bond acceptors (Lipinski definition) is 6. The SMILES string of the molecule is CCCCCCCC/C=C\C/C=C\C/C=C\CCCC(=O)OCC(COC(=O)CCCCCCCCCCCCCC)OC(=O)CCCCC/C=C\C=C/CCCCCCCCC. The van der Waals surface area contributed by atoms with E-state index >= 15 is 0 Å². The van der Waals surface area contributed by atoms with Crippen LogP contribution < -0.4 is 0 Å². The molecule has 6 nitrogen and oxygen atoms in total. The number of hydrogen-bond donors (Lipinski definition) is 0. The van der Waals surface area contributed by atoms with Crippen molar-refractivity contribution in [2.45, 2.75) is 271 Å². The summed E-state index contributed by atoms with van der Waals surface area (Å²) in [5.41, 5.74) is 0. The molecule has 0 heterocycles. The van der Waals surface area contributed by atoms with Gasteiger partial charge >= 0.3 is 17.9 Å². The Balaban J connectivity index is 4.48. The second kappa shape index (κ2) is 51.7. The van der Waals surface area contributed by atoms with Crippen LogP contribution in [0.25, 0.3) is 0 Å². The Labute approximate surface area is 390 Å². The number of allylic oxidation sites excluding steroid dienone is 10. The molecule has 0 amide bonds. The molecule has 0 bridgehead atoms. The highest BCUT2D eigenvalue weighted by Gasteiger charge is 2.19. The fourth-order valence-electron chi connectivity index (χ4n) is 7.45. The summed E-state index contributed by atoms with van der Waals surface area (Å²) < 4.78 is 16.7. The Morgan fingerprint density at radius 1 is 0.333 bits per heavy atom. The van der Waals surface area contributed by atoms with Crippen LogP contribution in [-0.2, 0) is 28.6 Å². The van der Waals surface area contributed by atoms with Crippen LogP contribution in [0, 0.1) is 0 Å². The molecule has 1 atom stereocenters. The zero-order chi connectivity index (χ0) is 45.8. The van der Waals surface area contributed by atoms with Crippen molar-refractivity contribution in [3.63, 3.8) is 0 Å². The van der Waals surface area contributed by atoms with Crippen LogP contribution in [0.15, 0.2) is 60.8 Å². The average Bonchev–Trinajstić information content (AvgIpc) is 3.28. The Morgan fingerprint density at radius 2 is 0.635 bits per heavy atom. The third kappa shape index (κ3) is 50.0. The quantitative estimate of drug-likeness (QED) is 0.0199. The normalized spacial score (nSPS) is 12.5. The Morgan fingerprint density at radius 3 is 1.06 bits per heavy atom. The van der Waals surface area contributed by atoms with Crippen molar-refractivity contribution in [2.24, 2.45) is 0 Å². The molecule has 364 valence electrons. The number of esters is 3. The first kappa shape index (κ1) is 60.1.